The number of nitrogens with one attached hydrogen (secondary N) is 3. The number of nitrogens with zero attached hydrogens (tertiary/aromatic N) is 3. The van der Waals surface area contributed by atoms with Crippen molar-refractivity contribution in [3.05, 3.63) is 50.7 Å². The zero-order valence-electron chi connectivity index (χ0n) is 14.5. The first kappa shape index (κ1) is 17.6. The summed E-state index contributed by atoms with van der Waals surface area (Å²) in [5, 5.41) is 4.47. The summed E-state index contributed by atoms with van der Waals surface area (Å²) in [6, 6.07) is 3.52. The lowest BCUT2D eigenvalue weighted by atomic mass is 10.1. The van der Waals surface area contributed by atoms with Crippen molar-refractivity contribution in [1.29, 1.82) is 0 Å². The fourth-order valence-corrected chi connectivity index (χ4v) is 4.48. The van der Waals surface area contributed by atoms with Crippen LogP contribution in [0.5, 0.6) is 0 Å². The van der Waals surface area contributed by atoms with Crippen LogP contribution in [0.15, 0.2) is 32.7 Å². The number of aromatic nitrogens is 5. The van der Waals surface area contributed by atoms with E-state index < -0.39 is 27.3 Å². The van der Waals surface area contributed by atoms with Crippen LogP contribution in [0.3, 0.4) is 0 Å². The number of aryl methyl sites for hydroxylation is 2. The van der Waals surface area contributed by atoms with Gasteiger partial charge in [-0.25, -0.2) is 27.6 Å². The van der Waals surface area contributed by atoms with E-state index in [9.17, 15) is 18.0 Å². The number of aromatic amines is 2. The Kier molecular flexibility index (Phi) is 4.19. The molecule has 0 amide bonds. The highest BCUT2D eigenvalue weighted by molar-refractivity contribution is 7.89. The standard InChI is InChI=1S/C16H18N6O4S/c1-2-13-18-14-12(4-3-7-22(14)20-13)21-27(25,26)9-5-6-11-10(8-9)15(23)19-16(24)17-11/h5-6,8,12,21H,2-4,7H2,1H3,(H2,17,19,23,24). The van der Waals surface area contributed by atoms with Crippen LogP contribution >= 0.6 is 0 Å². The Bertz CT molecular complexity index is 1240. The first-order chi connectivity index (χ1) is 12.9. The minimum atomic E-state index is -3.89. The van der Waals surface area contributed by atoms with Gasteiger partial charge in [-0.05, 0) is 31.0 Å². The van der Waals surface area contributed by atoms with Crippen LogP contribution in [0.2, 0.25) is 0 Å². The zero-order chi connectivity index (χ0) is 19.2. The first-order valence-electron chi connectivity index (χ1n) is 8.59. The Hall–Kier alpha value is -2.79. The molecule has 3 aromatic rings. The molecule has 1 aliphatic rings. The van der Waals surface area contributed by atoms with Crippen molar-refractivity contribution in [3.63, 3.8) is 0 Å². The van der Waals surface area contributed by atoms with Gasteiger partial charge in [-0.2, -0.15) is 5.10 Å². The topological polar surface area (TPSA) is 143 Å². The molecule has 0 spiro atoms. The van der Waals surface area contributed by atoms with Crippen LogP contribution in [0.4, 0.5) is 0 Å². The molecule has 142 valence electrons. The number of H-pyrrole nitrogens is 2. The lowest BCUT2D eigenvalue weighted by molar-refractivity contribution is 0.399. The van der Waals surface area contributed by atoms with Crippen LogP contribution in [-0.4, -0.2) is 33.2 Å². The van der Waals surface area contributed by atoms with Crippen molar-refractivity contribution < 1.29 is 8.42 Å². The number of sulfonamides is 1. The van der Waals surface area contributed by atoms with Gasteiger partial charge in [-0.3, -0.25) is 9.78 Å². The molecule has 0 saturated heterocycles. The lowest BCUT2D eigenvalue weighted by Gasteiger charge is -2.23. The summed E-state index contributed by atoms with van der Waals surface area (Å²) in [7, 11) is -3.89. The van der Waals surface area contributed by atoms with Crippen molar-refractivity contribution in [2.45, 2.75) is 43.7 Å². The van der Waals surface area contributed by atoms with Crippen molar-refractivity contribution in [3.8, 4) is 0 Å². The summed E-state index contributed by atoms with van der Waals surface area (Å²) >= 11 is 0. The number of benzene rings is 1. The molecule has 0 fully saturated rings. The molecule has 3 N–H and O–H groups in total. The average molecular weight is 390 g/mol. The highest BCUT2D eigenvalue weighted by Gasteiger charge is 2.29. The van der Waals surface area contributed by atoms with Gasteiger partial charge in [0, 0.05) is 13.0 Å². The van der Waals surface area contributed by atoms with Crippen molar-refractivity contribution in [2.24, 2.45) is 0 Å². The summed E-state index contributed by atoms with van der Waals surface area (Å²) in [6.07, 6.45) is 2.07. The first-order valence-corrected chi connectivity index (χ1v) is 10.1. The fourth-order valence-electron chi connectivity index (χ4n) is 3.23. The molecule has 4 rings (SSSR count). The fraction of sp³-hybridized carbons (Fsp3) is 0.375. The molecule has 1 unspecified atom stereocenters. The third-order valence-corrected chi connectivity index (χ3v) is 6.02. The lowest BCUT2D eigenvalue weighted by Crippen LogP contribution is -2.33. The highest BCUT2D eigenvalue weighted by Crippen LogP contribution is 2.26. The monoisotopic (exact) mass is 390 g/mol. The van der Waals surface area contributed by atoms with Crippen LogP contribution < -0.4 is 16.0 Å². The van der Waals surface area contributed by atoms with Gasteiger partial charge in [0.15, 0.2) is 5.82 Å². The van der Waals surface area contributed by atoms with Gasteiger partial charge in [-0.15, -0.1) is 0 Å². The molecule has 0 bridgehead atoms. The predicted octanol–water partition coefficient (Wildman–Crippen LogP) is 0.184. The maximum Gasteiger partial charge on any atom is 0.326 e. The number of hydrogen-bond acceptors (Lipinski definition) is 6. The molecular formula is C16H18N6O4S. The summed E-state index contributed by atoms with van der Waals surface area (Å²) in [4.78, 5) is 32.2. The van der Waals surface area contributed by atoms with Gasteiger partial charge < -0.3 is 4.98 Å². The molecule has 27 heavy (non-hydrogen) atoms. The van der Waals surface area contributed by atoms with Crippen molar-refractivity contribution in [1.82, 2.24) is 29.5 Å². The van der Waals surface area contributed by atoms with Crippen LogP contribution in [0, 0.1) is 0 Å². The van der Waals surface area contributed by atoms with Crippen LogP contribution in [0.25, 0.3) is 10.9 Å². The van der Waals surface area contributed by atoms with E-state index in [1.165, 1.54) is 18.2 Å². The second kappa shape index (κ2) is 6.43. The molecule has 1 atom stereocenters. The number of hydrogen-bond donors (Lipinski definition) is 3. The van der Waals surface area contributed by atoms with Crippen LogP contribution in [-0.2, 0) is 23.0 Å². The quantitative estimate of drug-likeness (QED) is 0.580. The normalized spacial score (nSPS) is 17.1. The van der Waals surface area contributed by atoms with Crippen molar-refractivity contribution >= 4 is 20.9 Å². The molecule has 0 saturated carbocycles. The second-order valence-electron chi connectivity index (χ2n) is 6.39. The summed E-state index contributed by atoms with van der Waals surface area (Å²) in [5.41, 5.74) is -1.02. The SMILES string of the molecule is CCc1nc2n(n1)CCCC2NS(=O)(=O)c1ccc2[nH]c(=O)[nH]c(=O)c2c1. The molecule has 1 aliphatic heterocycles. The Labute approximate surface area is 153 Å². The van der Waals surface area contributed by atoms with Gasteiger partial charge in [0.05, 0.1) is 21.8 Å². The largest absolute Gasteiger partial charge is 0.326 e. The Morgan fingerprint density at radius 3 is 2.89 bits per heavy atom. The Morgan fingerprint density at radius 2 is 2.11 bits per heavy atom. The minimum Gasteiger partial charge on any atom is -0.307 e. The van der Waals surface area contributed by atoms with E-state index in [1.807, 2.05) is 6.92 Å². The van der Waals surface area contributed by atoms with Gasteiger partial charge in [0.1, 0.15) is 5.82 Å². The summed E-state index contributed by atoms with van der Waals surface area (Å²) < 4.78 is 30.1. The Morgan fingerprint density at radius 1 is 1.30 bits per heavy atom. The molecular weight excluding hydrogens is 372 g/mol. The third kappa shape index (κ3) is 3.19. The van der Waals surface area contributed by atoms with Gasteiger partial charge in [0.2, 0.25) is 10.0 Å². The van der Waals surface area contributed by atoms with E-state index in [1.54, 1.807) is 4.68 Å². The van der Waals surface area contributed by atoms with E-state index in [4.69, 9.17) is 0 Å². The highest BCUT2D eigenvalue weighted by atomic mass is 32.2. The molecule has 3 heterocycles. The van der Waals surface area contributed by atoms with E-state index in [-0.39, 0.29) is 15.8 Å². The Balaban J connectivity index is 1.71. The molecule has 11 heteroatoms. The molecule has 1 aromatic carbocycles. The predicted molar refractivity (Wildman–Crippen MR) is 96.9 cm³/mol. The molecule has 0 radical (unpaired) electrons. The van der Waals surface area contributed by atoms with Crippen molar-refractivity contribution in [2.75, 3.05) is 0 Å². The molecule has 2 aromatic heterocycles. The minimum absolute atomic E-state index is 0.0556. The zero-order valence-corrected chi connectivity index (χ0v) is 15.3. The average Bonchev–Trinajstić information content (AvgIpc) is 3.05. The van der Waals surface area contributed by atoms with E-state index in [0.717, 1.165) is 6.42 Å². The van der Waals surface area contributed by atoms with Crippen LogP contribution in [0.1, 0.15) is 37.5 Å². The number of rotatable bonds is 4. The van der Waals surface area contributed by atoms with E-state index >= 15 is 0 Å². The maximum absolute atomic E-state index is 12.9. The smallest absolute Gasteiger partial charge is 0.307 e. The molecule has 10 nitrogen and oxygen atoms in total. The van der Waals surface area contributed by atoms with E-state index in [0.29, 0.717) is 31.0 Å². The molecule has 0 aliphatic carbocycles. The third-order valence-electron chi connectivity index (χ3n) is 4.55. The van der Waals surface area contributed by atoms with Gasteiger partial charge in [0.25, 0.3) is 5.56 Å². The van der Waals surface area contributed by atoms with Gasteiger partial charge >= 0.3 is 5.69 Å². The second-order valence-corrected chi connectivity index (χ2v) is 8.11. The maximum atomic E-state index is 12.9. The number of fused-ring (bicyclic) bond motifs is 2. The summed E-state index contributed by atoms with van der Waals surface area (Å²) in [5.74, 6) is 1.28. The van der Waals surface area contributed by atoms with Gasteiger partial charge in [-0.1, -0.05) is 6.92 Å². The summed E-state index contributed by atoms with van der Waals surface area (Å²) in [6.45, 7) is 2.65. The van der Waals surface area contributed by atoms with E-state index in [2.05, 4.69) is 24.8 Å².